The largest absolute Gasteiger partial charge is 0.366 e. The molecule has 0 unspecified atom stereocenters. The van der Waals surface area contributed by atoms with Crippen molar-refractivity contribution in [2.24, 2.45) is 0 Å². The molecule has 0 saturated carbocycles. The molecule has 2 aromatic rings. The maximum absolute atomic E-state index is 8.89. The Labute approximate surface area is 93.3 Å². The SMILES string of the molecule is Cc1cccc(Cc2noc(N)c2C#N)c1. The number of rotatable bonds is 2. The zero-order valence-electron chi connectivity index (χ0n) is 8.90. The van der Waals surface area contributed by atoms with Crippen LogP contribution in [0.2, 0.25) is 0 Å². The maximum atomic E-state index is 8.89. The highest BCUT2D eigenvalue weighted by Crippen LogP contribution is 2.18. The van der Waals surface area contributed by atoms with Crippen molar-refractivity contribution >= 4 is 5.88 Å². The number of nitriles is 1. The lowest BCUT2D eigenvalue weighted by Gasteiger charge is -1.99. The van der Waals surface area contributed by atoms with Gasteiger partial charge >= 0.3 is 0 Å². The van der Waals surface area contributed by atoms with Crippen molar-refractivity contribution in [3.63, 3.8) is 0 Å². The second-order valence-corrected chi connectivity index (χ2v) is 3.65. The monoisotopic (exact) mass is 213 g/mol. The van der Waals surface area contributed by atoms with Crippen LogP contribution in [-0.2, 0) is 6.42 Å². The first kappa shape index (κ1) is 10.2. The van der Waals surface area contributed by atoms with Crippen molar-refractivity contribution in [1.82, 2.24) is 5.16 Å². The highest BCUT2D eigenvalue weighted by molar-refractivity contribution is 5.49. The molecule has 0 aliphatic rings. The lowest BCUT2D eigenvalue weighted by Crippen LogP contribution is -1.93. The summed E-state index contributed by atoms with van der Waals surface area (Å²) in [5.41, 5.74) is 8.67. The Morgan fingerprint density at radius 1 is 1.50 bits per heavy atom. The van der Waals surface area contributed by atoms with Gasteiger partial charge in [0.2, 0.25) is 5.88 Å². The van der Waals surface area contributed by atoms with Gasteiger partial charge in [0.25, 0.3) is 0 Å². The van der Waals surface area contributed by atoms with E-state index in [9.17, 15) is 0 Å². The normalized spacial score (nSPS) is 10.0. The molecule has 0 radical (unpaired) electrons. The fourth-order valence-electron chi connectivity index (χ4n) is 1.59. The van der Waals surface area contributed by atoms with E-state index in [1.807, 2.05) is 37.3 Å². The van der Waals surface area contributed by atoms with Crippen molar-refractivity contribution in [2.45, 2.75) is 13.3 Å². The van der Waals surface area contributed by atoms with Gasteiger partial charge in [-0.25, -0.2) is 0 Å². The predicted molar refractivity (Wildman–Crippen MR) is 59.6 cm³/mol. The number of benzene rings is 1. The number of anilines is 1. The summed E-state index contributed by atoms with van der Waals surface area (Å²) in [6.07, 6.45) is 0.561. The van der Waals surface area contributed by atoms with Gasteiger partial charge in [-0.05, 0) is 12.5 Å². The van der Waals surface area contributed by atoms with Gasteiger partial charge < -0.3 is 10.3 Å². The van der Waals surface area contributed by atoms with Crippen molar-refractivity contribution in [2.75, 3.05) is 5.73 Å². The van der Waals surface area contributed by atoms with Crippen LogP contribution in [0.25, 0.3) is 0 Å². The number of nitrogens with two attached hydrogens (primary N) is 1. The average Bonchev–Trinajstić information content (AvgIpc) is 2.59. The molecule has 0 spiro atoms. The molecule has 16 heavy (non-hydrogen) atoms. The summed E-state index contributed by atoms with van der Waals surface area (Å²) >= 11 is 0. The third-order valence-corrected chi connectivity index (χ3v) is 2.36. The first-order chi connectivity index (χ1) is 7.70. The molecular weight excluding hydrogens is 202 g/mol. The number of nitrogen functional groups attached to an aromatic ring is 1. The fourth-order valence-corrected chi connectivity index (χ4v) is 1.59. The fraction of sp³-hybridized carbons (Fsp3) is 0.167. The molecule has 0 bridgehead atoms. The molecule has 80 valence electrons. The highest BCUT2D eigenvalue weighted by atomic mass is 16.5. The Balaban J connectivity index is 2.31. The highest BCUT2D eigenvalue weighted by Gasteiger charge is 2.13. The second kappa shape index (κ2) is 4.07. The third-order valence-electron chi connectivity index (χ3n) is 2.36. The van der Waals surface area contributed by atoms with Crippen LogP contribution in [0.15, 0.2) is 28.8 Å². The average molecular weight is 213 g/mol. The molecule has 0 aliphatic heterocycles. The van der Waals surface area contributed by atoms with Gasteiger partial charge in [-0.1, -0.05) is 35.0 Å². The van der Waals surface area contributed by atoms with Crippen LogP contribution in [0, 0.1) is 18.3 Å². The molecule has 2 rings (SSSR count). The van der Waals surface area contributed by atoms with Crippen LogP contribution >= 0.6 is 0 Å². The van der Waals surface area contributed by atoms with Gasteiger partial charge in [0.1, 0.15) is 17.3 Å². The Hall–Kier alpha value is -2.28. The lowest BCUT2D eigenvalue weighted by molar-refractivity contribution is 0.429. The number of hydrogen-bond donors (Lipinski definition) is 1. The molecule has 4 nitrogen and oxygen atoms in total. The van der Waals surface area contributed by atoms with Crippen LogP contribution in [0.5, 0.6) is 0 Å². The second-order valence-electron chi connectivity index (χ2n) is 3.65. The van der Waals surface area contributed by atoms with E-state index in [0.717, 1.165) is 5.56 Å². The van der Waals surface area contributed by atoms with E-state index in [1.54, 1.807) is 0 Å². The maximum Gasteiger partial charge on any atom is 0.240 e. The van der Waals surface area contributed by atoms with Crippen LogP contribution in [0.3, 0.4) is 0 Å². The van der Waals surface area contributed by atoms with Crippen molar-refractivity contribution in [3.8, 4) is 6.07 Å². The molecule has 0 amide bonds. The van der Waals surface area contributed by atoms with E-state index in [4.69, 9.17) is 15.5 Å². The first-order valence-corrected chi connectivity index (χ1v) is 4.90. The lowest BCUT2D eigenvalue weighted by atomic mass is 10.1. The van der Waals surface area contributed by atoms with Crippen LogP contribution in [-0.4, -0.2) is 5.16 Å². The smallest absolute Gasteiger partial charge is 0.240 e. The molecule has 0 aliphatic carbocycles. The van der Waals surface area contributed by atoms with E-state index in [1.165, 1.54) is 5.56 Å². The molecule has 2 N–H and O–H groups in total. The number of aromatic nitrogens is 1. The summed E-state index contributed by atoms with van der Waals surface area (Å²) < 4.78 is 4.79. The van der Waals surface area contributed by atoms with Gasteiger partial charge in [0, 0.05) is 6.42 Å². The van der Waals surface area contributed by atoms with E-state index in [-0.39, 0.29) is 5.88 Å². The van der Waals surface area contributed by atoms with E-state index in [0.29, 0.717) is 17.7 Å². The molecule has 1 aromatic heterocycles. The first-order valence-electron chi connectivity index (χ1n) is 4.90. The van der Waals surface area contributed by atoms with E-state index in [2.05, 4.69) is 5.16 Å². The quantitative estimate of drug-likeness (QED) is 0.828. The van der Waals surface area contributed by atoms with Gasteiger partial charge in [-0.2, -0.15) is 5.26 Å². The number of nitrogens with zero attached hydrogens (tertiary/aromatic N) is 2. The number of aryl methyl sites for hydroxylation is 1. The molecular formula is C12H11N3O. The topological polar surface area (TPSA) is 75.8 Å². The number of hydrogen-bond acceptors (Lipinski definition) is 4. The van der Waals surface area contributed by atoms with Crippen LogP contribution < -0.4 is 5.73 Å². The van der Waals surface area contributed by atoms with Gasteiger partial charge in [0.05, 0.1) is 0 Å². The molecule has 4 heteroatoms. The van der Waals surface area contributed by atoms with E-state index >= 15 is 0 Å². The minimum absolute atomic E-state index is 0.0881. The minimum Gasteiger partial charge on any atom is -0.366 e. The van der Waals surface area contributed by atoms with Crippen molar-refractivity contribution in [3.05, 3.63) is 46.6 Å². The van der Waals surface area contributed by atoms with Crippen LogP contribution in [0.4, 0.5) is 5.88 Å². The summed E-state index contributed by atoms with van der Waals surface area (Å²) in [5, 5.41) is 12.7. The molecule has 0 saturated heterocycles. The predicted octanol–water partition coefficient (Wildman–Crippen LogP) is 2.03. The Bertz CT molecular complexity index is 552. The van der Waals surface area contributed by atoms with Gasteiger partial charge in [-0.3, -0.25) is 0 Å². The standard InChI is InChI=1S/C12H11N3O/c1-8-3-2-4-9(5-8)6-11-10(7-13)12(14)16-15-11/h2-5H,6,14H2,1H3. The summed E-state index contributed by atoms with van der Waals surface area (Å²) in [6, 6.07) is 10.0. The summed E-state index contributed by atoms with van der Waals surface area (Å²) in [6.45, 7) is 2.02. The minimum atomic E-state index is 0.0881. The Morgan fingerprint density at radius 2 is 2.31 bits per heavy atom. The molecule has 1 heterocycles. The Kier molecular flexibility index (Phi) is 2.61. The Morgan fingerprint density at radius 3 is 3.00 bits per heavy atom. The summed E-state index contributed by atoms with van der Waals surface area (Å²) in [4.78, 5) is 0. The summed E-state index contributed by atoms with van der Waals surface area (Å²) in [5.74, 6) is 0.0881. The van der Waals surface area contributed by atoms with Gasteiger partial charge in [-0.15, -0.1) is 0 Å². The van der Waals surface area contributed by atoms with Crippen molar-refractivity contribution < 1.29 is 4.52 Å². The van der Waals surface area contributed by atoms with Crippen molar-refractivity contribution in [1.29, 1.82) is 5.26 Å². The van der Waals surface area contributed by atoms with E-state index < -0.39 is 0 Å². The summed E-state index contributed by atoms with van der Waals surface area (Å²) in [7, 11) is 0. The van der Waals surface area contributed by atoms with Crippen LogP contribution in [0.1, 0.15) is 22.4 Å². The molecule has 1 aromatic carbocycles. The zero-order chi connectivity index (χ0) is 11.5. The third kappa shape index (κ3) is 1.89. The van der Waals surface area contributed by atoms with Gasteiger partial charge in [0.15, 0.2) is 0 Å². The molecule has 0 atom stereocenters. The zero-order valence-corrected chi connectivity index (χ0v) is 8.90. The molecule has 0 fully saturated rings.